The van der Waals surface area contributed by atoms with Crippen LogP contribution in [0, 0.1) is 5.82 Å². The van der Waals surface area contributed by atoms with Crippen molar-refractivity contribution in [3.8, 4) is 0 Å². The van der Waals surface area contributed by atoms with Crippen molar-refractivity contribution in [2.24, 2.45) is 10.2 Å². The second-order valence-electron chi connectivity index (χ2n) is 4.69. The van der Waals surface area contributed by atoms with Crippen LogP contribution in [0.5, 0.6) is 0 Å². The molecule has 0 aliphatic carbocycles. The van der Waals surface area contributed by atoms with E-state index >= 15 is 0 Å². The Labute approximate surface area is 126 Å². The molecule has 0 aromatic heterocycles. The molecule has 7 heteroatoms. The summed E-state index contributed by atoms with van der Waals surface area (Å²) in [4.78, 5) is 11.0. The minimum Gasteiger partial charge on any atom is -0.374 e. The van der Waals surface area contributed by atoms with E-state index in [0.717, 1.165) is 5.56 Å². The first kappa shape index (κ1) is 15.7. The van der Waals surface area contributed by atoms with Crippen molar-refractivity contribution >= 4 is 29.1 Å². The summed E-state index contributed by atoms with van der Waals surface area (Å²) in [6, 6.07) is 4.40. The zero-order valence-corrected chi connectivity index (χ0v) is 12.6. The summed E-state index contributed by atoms with van der Waals surface area (Å²) in [5.41, 5.74) is 1.44. The van der Waals surface area contributed by atoms with Gasteiger partial charge in [-0.3, -0.25) is 4.79 Å². The number of hydrogen-bond acceptors (Lipinski definition) is 5. The smallest absolute Gasteiger partial charge is 0.236 e. The molecule has 1 aromatic carbocycles. The van der Waals surface area contributed by atoms with E-state index in [9.17, 15) is 9.18 Å². The fraction of sp³-hybridized carbons (Fsp3) is 0.357. The number of hydrogen-bond donors (Lipinski definition) is 1. The quantitative estimate of drug-likeness (QED) is 0.670. The van der Waals surface area contributed by atoms with Crippen LogP contribution in [0.3, 0.4) is 0 Å². The number of nitrogens with one attached hydrogen (secondary N) is 1. The van der Waals surface area contributed by atoms with Gasteiger partial charge in [-0.1, -0.05) is 17.8 Å². The molecule has 0 saturated carbocycles. The molecule has 1 amide bonds. The second kappa shape index (κ2) is 7.33. The summed E-state index contributed by atoms with van der Waals surface area (Å²) < 4.78 is 18.8. The largest absolute Gasteiger partial charge is 0.374 e. The number of ether oxygens (including phenoxy) is 1. The van der Waals surface area contributed by atoms with Gasteiger partial charge in [-0.05, 0) is 31.5 Å². The Balaban J connectivity index is 2.09. The molecule has 1 aromatic rings. The van der Waals surface area contributed by atoms with Crippen LogP contribution in [0.25, 0.3) is 0 Å². The molecule has 1 fully saturated rings. The molecule has 112 valence electrons. The minimum absolute atomic E-state index is 0.0587. The third-order valence-corrected chi connectivity index (χ3v) is 3.47. The van der Waals surface area contributed by atoms with E-state index in [0.29, 0.717) is 23.1 Å². The molecule has 2 rings (SSSR count). The Kier molecular flexibility index (Phi) is 5.46. The third kappa shape index (κ3) is 4.95. The summed E-state index contributed by atoms with van der Waals surface area (Å²) >= 11 is 1.30. The molecule has 5 nitrogen and oxygen atoms in total. The fourth-order valence-corrected chi connectivity index (χ4v) is 2.24. The molecule has 1 aliphatic rings. The summed E-state index contributed by atoms with van der Waals surface area (Å²) in [7, 11) is 0. The number of benzene rings is 1. The average Bonchev–Trinajstić information content (AvgIpc) is 2.84. The molecule has 1 heterocycles. The predicted molar refractivity (Wildman–Crippen MR) is 82.0 cm³/mol. The normalized spacial score (nSPS) is 17.1. The Morgan fingerprint density at radius 3 is 3.00 bits per heavy atom. The van der Waals surface area contributed by atoms with E-state index in [1.807, 2.05) is 13.8 Å². The number of nitrogens with zero attached hydrogens (tertiary/aromatic N) is 2. The molecular weight excluding hydrogens is 293 g/mol. The van der Waals surface area contributed by atoms with E-state index in [4.69, 9.17) is 4.74 Å². The van der Waals surface area contributed by atoms with Crippen LogP contribution < -0.4 is 5.32 Å². The lowest BCUT2D eigenvalue weighted by Crippen LogP contribution is -2.19. The number of carbonyl (C=O) groups excluding carboxylic acids is 1. The standard InChI is InChI=1S/C14H16FN3O2S/c1-9(2)20-7-11-5-12(15)4-3-10(11)6-16-18-14-17-13(19)8-21-14/h3-6,9H,7-8H2,1-2H3,(H,17,18,19). The maximum atomic E-state index is 13.3. The van der Waals surface area contributed by atoms with E-state index in [-0.39, 0.29) is 17.8 Å². The first-order valence-electron chi connectivity index (χ1n) is 6.48. The summed E-state index contributed by atoms with van der Waals surface area (Å²) in [5, 5.41) is 10.9. The van der Waals surface area contributed by atoms with Gasteiger partial charge in [0.2, 0.25) is 5.91 Å². The van der Waals surface area contributed by atoms with E-state index in [1.54, 1.807) is 6.07 Å². The Bertz CT molecular complexity index is 588. The molecule has 1 aliphatic heterocycles. The van der Waals surface area contributed by atoms with Crippen molar-refractivity contribution in [2.75, 3.05) is 5.75 Å². The lowest BCUT2D eigenvalue weighted by molar-refractivity contribution is -0.116. The molecule has 0 bridgehead atoms. The van der Waals surface area contributed by atoms with Crippen molar-refractivity contribution < 1.29 is 13.9 Å². The highest BCUT2D eigenvalue weighted by atomic mass is 32.2. The van der Waals surface area contributed by atoms with E-state index in [2.05, 4.69) is 15.5 Å². The zero-order chi connectivity index (χ0) is 15.2. The molecular formula is C14H16FN3O2S. The first-order chi connectivity index (χ1) is 10.0. The van der Waals surface area contributed by atoms with Gasteiger partial charge in [-0.15, -0.1) is 5.10 Å². The highest BCUT2D eigenvalue weighted by molar-refractivity contribution is 8.15. The SMILES string of the molecule is CC(C)OCc1cc(F)ccc1C=NN=C1NC(=O)CS1. The molecule has 1 saturated heterocycles. The van der Waals surface area contributed by atoms with Crippen LogP contribution in [-0.4, -0.2) is 29.1 Å². The van der Waals surface area contributed by atoms with Crippen molar-refractivity contribution in [1.82, 2.24) is 5.32 Å². The van der Waals surface area contributed by atoms with Gasteiger partial charge in [-0.25, -0.2) is 4.39 Å². The van der Waals surface area contributed by atoms with Crippen molar-refractivity contribution in [3.05, 3.63) is 35.1 Å². The van der Waals surface area contributed by atoms with Gasteiger partial charge >= 0.3 is 0 Å². The van der Waals surface area contributed by atoms with Crippen molar-refractivity contribution in [2.45, 2.75) is 26.6 Å². The average molecular weight is 309 g/mol. The van der Waals surface area contributed by atoms with Gasteiger partial charge in [0.1, 0.15) is 5.82 Å². The molecule has 0 radical (unpaired) electrons. The lowest BCUT2D eigenvalue weighted by Gasteiger charge is -2.09. The van der Waals surface area contributed by atoms with Gasteiger partial charge in [0.05, 0.1) is 24.7 Å². The number of rotatable bonds is 5. The maximum absolute atomic E-state index is 13.3. The summed E-state index contributed by atoms with van der Waals surface area (Å²) in [6.45, 7) is 4.14. The summed E-state index contributed by atoms with van der Waals surface area (Å²) in [5.74, 6) is -0.0422. The van der Waals surface area contributed by atoms with Crippen LogP contribution in [0.1, 0.15) is 25.0 Å². The van der Waals surface area contributed by atoms with Gasteiger partial charge in [0.25, 0.3) is 0 Å². The summed E-state index contributed by atoms with van der Waals surface area (Å²) in [6.07, 6.45) is 1.58. The second-order valence-corrected chi connectivity index (χ2v) is 5.65. The molecule has 21 heavy (non-hydrogen) atoms. The van der Waals surface area contributed by atoms with Crippen molar-refractivity contribution in [1.29, 1.82) is 0 Å². The minimum atomic E-state index is -0.320. The van der Waals surface area contributed by atoms with E-state index < -0.39 is 0 Å². The predicted octanol–water partition coefficient (Wildman–Crippen LogP) is 2.30. The zero-order valence-electron chi connectivity index (χ0n) is 11.8. The maximum Gasteiger partial charge on any atom is 0.236 e. The highest BCUT2D eigenvalue weighted by Gasteiger charge is 2.15. The van der Waals surface area contributed by atoms with E-state index in [1.165, 1.54) is 30.1 Å². The van der Waals surface area contributed by atoms with Crippen LogP contribution in [0.2, 0.25) is 0 Å². The Morgan fingerprint density at radius 2 is 2.33 bits per heavy atom. The molecule has 0 atom stereocenters. The highest BCUT2D eigenvalue weighted by Crippen LogP contribution is 2.13. The van der Waals surface area contributed by atoms with Gasteiger partial charge in [0, 0.05) is 5.56 Å². The number of thioether (sulfide) groups is 1. The first-order valence-corrected chi connectivity index (χ1v) is 7.47. The fourth-order valence-electron chi connectivity index (χ4n) is 1.60. The lowest BCUT2D eigenvalue weighted by atomic mass is 10.1. The van der Waals surface area contributed by atoms with Gasteiger partial charge < -0.3 is 10.1 Å². The van der Waals surface area contributed by atoms with Crippen LogP contribution >= 0.6 is 11.8 Å². The molecule has 0 spiro atoms. The number of carbonyl (C=O) groups is 1. The Hall–Kier alpha value is -1.73. The Morgan fingerprint density at radius 1 is 1.52 bits per heavy atom. The van der Waals surface area contributed by atoms with Crippen LogP contribution in [0.4, 0.5) is 4.39 Å². The monoisotopic (exact) mass is 309 g/mol. The van der Waals surface area contributed by atoms with Crippen molar-refractivity contribution in [3.63, 3.8) is 0 Å². The number of amidine groups is 1. The molecule has 0 unspecified atom stereocenters. The topological polar surface area (TPSA) is 63.1 Å². The third-order valence-electron chi connectivity index (χ3n) is 2.61. The van der Waals surface area contributed by atoms with Crippen LogP contribution in [-0.2, 0) is 16.1 Å². The number of amides is 1. The van der Waals surface area contributed by atoms with Crippen LogP contribution in [0.15, 0.2) is 28.4 Å². The van der Waals surface area contributed by atoms with Gasteiger partial charge in [-0.2, -0.15) is 5.10 Å². The molecule has 1 N–H and O–H groups in total. The number of halogens is 1. The van der Waals surface area contributed by atoms with Gasteiger partial charge in [0.15, 0.2) is 5.17 Å².